The van der Waals surface area contributed by atoms with Crippen LogP contribution in [0.1, 0.15) is 0 Å². The van der Waals surface area contributed by atoms with Crippen molar-refractivity contribution in [2.45, 2.75) is 0 Å². The number of anilines is 1. The van der Waals surface area contributed by atoms with Crippen LogP contribution < -0.4 is 5.32 Å². The fourth-order valence-electron chi connectivity index (χ4n) is 1.16. The number of aromatic nitrogens is 2. The summed E-state index contributed by atoms with van der Waals surface area (Å²) in [6.45, 7) is 0. The predicted octanol–water partition coefficient (Wildman–Crippen LogP) is 1.42. The number of nitrogens with zero attached hydrogens (tertiary/aromatic N) is 1. The van der Waals surface area contributed by atoms with E-state index < -0.39 is 17.5 Å². The monoisotopic (exact) mass is 273 g/mol. The van der Waals surface area contributed by atoms with Crippen LogP contribution in [0.3, 0.4) is 0 Å². The Balaban J connectivity index is 0.000000357. The van der Waals surface area contributed by atoms with Gasteiger partial charge in [-0.1, -0.05) is 12.1 Å². The lowest BCUT2D eigenvalue weighted by Crippen LogP contribution is -2.11. The van der Waals surface area contributed by atoms with Crippen LogP contribution in [0.25, 0.3) is 11.0 Å². The summed E-state index contributed by atoms with van der Waals surface area (Å²) in [6, 6.07) is 7.51. The molecule has 0 aliphatic carbocycles. The second kappa shape index (κ2) is 6.69. The molecule has 0 bridgehead atoms. The van der Waals surface area contributed by atoms with Gasteiger partial charge in [0.2, 0.25) is 5.95 Å². The van der Waals surface area contributed by atoms with E-state index in [4.69, 9.17) is 13.3 Å². The summed E-state index contributed by atoms with van der Waals surface area (Å²) >= 11 is -2.61. The van der Waals surface area contributed by atoms with Crippen molar-refractivity contribution < 1.29 is 22.8 Å². The van der Waals surface area contributed by atoms with Gasteiger partial charge in [-0.3, -0.25) is 14.4 Å². The number of methoxy groups -OCH3 is 1. The van der Waals surface area contributed by atoms with Crippen molar-refractivity contribution >= 4 is 34.4 Å². The van der Waals surface area contributed by atoms with Crippen molar-refractivity contribution in [3.05, 3.63) is 24.3 Å². The van der Waals surface area contributed by atoms with E-state index in [-0.39, 0.29) is 0 Å². The van der Waals surface area contributed by atoms with Gasteiger partial charge in [-0.2, -0.15) is 4.21 Å². The van der Waals surface area contributed by atoms with Crippen LogP contribution in [0.15, 0.2) is 24.3 Å². The number of hydrogen-bond donors (Lipinski definition) is 4. The Morgan fingerprint density at radius 2 is 2.06 bits per heavy atom. The standard InChI is InChI=1S/C9H9N3O2.H2O3S/c1-14-9(13)12-8-10-6-4-2-3-5-7(6)11-8;1-4(2)3/h2-5H,1H3,(H2,10,11,12,13);(H2,1,2,3). The molecule has 0 spiro atoms. The van der Waals surface area contributed by atoms with Gasteiger partial charge in [0, 0.05) is 0 Å². The smallest absolute Gasteiger partial charge is 0.413 e. The van der Waals surface area contributed by atoms with Crippen LogP contribution >= 0.6 is 0 Å². The summed E-state index contributed by atoms with van der Waals surface area (Å²) < 4.78 is 27.3. The average molecular weight is 273 g/mol. The Morgan fingerprint density at radius 1 is 1.44 bits per heavy atom. The maximum absolute atomic E-state index is 10.9. The lowest BCUT2D eigenvalue weighted by atomic mass is 10.3. The van der Waals surface area contributed by atoms with Gasteiger partial charge in [-0.15, -0.1) is 0 Å². The Kier molecular flexibility index (Phi) is 5.24. The molecular formula is C9H11N3O5S. The second-order valence-electron chi connectivity index (χ2n) is 2.95. The Hall–Kier alpha value is -1.97. The van der Waals surface area contributed by atoms with Gasteiger partial charge in [-0.05, 0) is 12.1 Å². The van der Waals surface area contributed by atoms with Gasteiger partial charge in [0.05, 0.1) is 18.1 Å². The number of para-hydroxylation sites is 2. The number of carbonyl (C=O) groups excluding carboxylic acids is 1. The second-order valence-corrected chi connectivity index (χ2v) is 3.41. The minimum absolute atomic E-state index is 0.387. The number of aromatic amines is 1. The number of amides is 1. The zero-order chi connectivity index (χ0) is 13.5. The van der Waals surface area contributed by atoms with E-state index in [1.54, 1.807) is 0 Å². The first-order valence-corrected chi connectivity index (χ1v) is 5.69. The highest BCUT2D eigenvalue weighted by atomic mass is 32.2. The normalized spacial score (nSPS) is 9.78. The average Bonchev–Trinajstić information content (AvgIpc) is 2.70. The highest BCUT2D eigenvalue weighted by Crippen LogP contribution is 2.12. The SMILES string of the molecule is COC(=O)Nc1nc2ccccc2[nH]1.O=S(O)O. The van der Waals surface area contributed by atoms with Crippen molar-refractivity contribution in [3.63, 3.8) is 0 Å². The topological polar surface area (TPSA) is 125 Å². The number of hydrogen-bond acceptors (Lipinski definition) is 4. The molecule has 0 saturated carbocycles. The Bertz CT molecular complexity index is 519. The number of ether oxygens (including phenoxy) is 1. The van der Waals surface area contributed by atoms with Crippen LogP contribution in [-0.4, -0.2) is 36.5 Å². The van der Waals surface area contributed by atoms with Crippen LogP contribution in [0, 0.1) is 0 Å². The Labute approximate surface area is 104 Å². The first-order valence-electron chi connectivity index (χ1n) is 4.62. The molecule has 0 fully saturated rings. The van der Waals surface area contributed by atoms with Gasteiger partial charge in [0.25, 0.3) is 11.4 Å². The van der Waals surface area contributed by atoms with E-state index in [9.17, 15) is 4.79 Å². The van der Waals surface area contributed by atoms with Gasteiger partial charge >= 0.3 is 6.09 Å². The van der Waals surface area contributed by atoms with Gasteiger partial charge in [0.1, 0.15) is 0 Å². The van der Waals surface area contributed by atoms with Gasteiger partial charge < -0.3 is 9.72 Å². The van der Waals surface area contributed by atoms with Crippen molar-refractivity contribution in [2.75, 3.05) is 12.4 Å². The first kappa shape index (κ1) is 14.1. The summed E-state index contributed by atoms with van der Waals surface area (Å²) in [5.41, 5.74) is 1.68. The molecule has 0 unspecified atom stereocenters. The number of rotatable bonds is 1. The molecule has 1 aromatic heterocycles. The number of nitrogens with one attached hydrogen (secondary N) is 2. The fourth-order valence-corrected chi connectivity index (χ4v) is 1.16. The molecule has 1 amide bonds. The van der Waals surface area contributed by atoms with Crippen molar-refractivity contribution in [3.8, 4) is 0 Å². The van der Waals surface area contributed by atoms with Gasteiger partial charge in [0.15, 0.2) is 0 Å². The number of H-pyrrole nitrogens is 1. The molecule has 0 radical (unpaired) electrons. The van der Waals surface area contributed by atoms with E-state index >= 15 is 0 Å². The molecule has 98 valence electrons. The lowest BCUT2D eigenvalue weighted by Gasteiger charge is -1.96. The molecule has 9 heteroatoms. The zero-order valence-corrected chi connectivity index (χ0v) is 10.1. The molecular weight excluding hydrogens is 262 g/mol. The van der Waals surface area contributed by atoms with Crippen LogP contribution in [0.5, 0.6) is 0 Å². The quantitative estimate of drug-likeness (QED) is 0.582. The molecule has 1 aromatic carbocycles. The summed E-state index contributed by atoms with van der Waals surface area (Å²) in [6.07, 6.45) is -0.538. The molecule has 0 aliphatic rings. The largest absolute Gasteiger partial charge is 0.453 e. The third-order valence-corrected chi connectivity index (χ3v) is 1.80. The van der Waals surface area contributed by atoms with E-state index in [0.29, 0.717) is 5.95 Å². The molecule has 2 rings (SSSR count). The van der Waals surface area contributed by atoms with Crippen LogP contribution in [0.4, 0.5) is 10.7 Å². The number of benzene rings is 1. The minimum Gasteiger partial charge on any atom is -0.453 e. The van der Waals surface area contributed by atoms with E-state index in [1.807, 2.05) is 24.3 Å². The summed E-state index contributed by atoms with van der Waals surface area (Å²) in [5, 5.41) is 2.45. The third-order valence-electron chi connectivity index (χ3n) is 1.80. The molecule has 1 heterocycles. The molecule has 0 saturated heterocycles. The summed E-state index contributed by atoms with van der Waals surface area (Å²) in [5.74, 6) is 0.387. The maximum Gasteiger partial charge on any atom is 0.413 e. The molecule has 2 aromatic rings. The molecule has 4 N–H and O–H groups in total. The third kappa shape index (κ3) is 4.49. The van der Waals surface area contributed by atoms with E-state index in [0.717, 1.165) is 11.0 Å². The fraction of sp³-hybridized carbons (Fsp3) is 0.111. The highest BCUT2D eigenvalue weighted by Gasteiger charge is 2.04. The van der Waals surface area contributed by atoms with Crippen molar-refractivity contribution in [1.82, 2.24) is 9.97 Å². The van der Waals surface area contributed by atoms with Crippen molar-refractivity contribution in [1.29, 1.82) is 0 Å². The van der Waals surface area contributed by atoms with E-state index in [2.05, 4.69) is 20.0 Å². The number of carbonyl (C=O) groups is 1. The van der Waals surface area contributed by atoms with Crippen molar-refractivity contribution in [2.24, 2.45) is 0 Å². The molecule has 0 atom stereocenters. The Morgan fingerprint density at radius 3 is 2.61 bits per heavy atom. The minimum atomic E-state index is -2.61. The van der Waals surface area contributed by atoms with Crippen LogP contribution in [0.2, 0.25) is 0 Å². The van der Waals surface area contributed by atoms with Crippen LogP contribution in [-0.2, 0) is 16.1 Å². The van der Waals surface area contributed by atoms with E-state index in [1.165, 1.54) is 7.11 Å². The zero-order valence-electron chi connectivity index (χ0n) is 9.28. The first-order chi connectivity index (χ1) is 8.52. The van der Waals surface area contributed by atoms with Gasteiger partial charge in [-0.25, -0.2) is 9.78 Å². The maximum atomic E-state index is 10.9. The number of fused-ring (bicyclic) bond motifs is 1. The number of imidazole rings is 1. The molecule has 8 nitrogen and oxygen atoms in total. The summed E-state index contributed by atoms with van der Waals surface area (Å²) in [4.78, 5) is 17.9. The highest BCUT2D eigenvalue weighted by molar-refractivity contribution is 7.73. The lowest BCUT2D eigenvalue weighted by molar-refractivity contribution is 0.186. The molecule has 0 aliphatic heterocycles. The molecule has 18 heavy (non-hydrogen) atoms. The predicted molar refractivity (Wildman–Crippen MR) is 65.5 cm³/mol. The summed E-state index contributed by atoms with van der Waals surface area (Å²) in [7, 11) is 1.30.